The van der Waals surface area contributed by atoms with Gasteiger partial charge in [0.15, 0.2) is 0 Å². The Kier molecular flexibility index (Phi) is 5.71. The molecule has 1 aromatic carbocycles. The van der Waals surface area contributed by atoms with E-state index in [1.54, 1.807) is 26.8 Å². The molecule has 0 aliphatic rings. The molecule has 0 amide bonds. The van der Waals surface area contributed by atoms with Gasteiger partial charge in [0.1, 0.15) is 21.9 Å². The quantitative estimate of drug-likeness (QED) is 0.671. The molecule has 1 atom stereocenters. The van der Waals surface area contributed by atoms with Crippen LogP contribution in [0.4, 0.5) is 4.39 Å². The van der Waals surface area contributed by atoms with E-state index >= 15 is 0 Å². The van der Waals surface area contributed by atoms with Crippen LogP contribution in [0.5, 0.6) is 0 Å². The lowest BCUT2D eigenvalue weighted by atomic mass is 10.0. The fourth-order valence-electron chi connectivity index (χ4n) is 1.44. The number of benzene rings is 1. The van der Waals surface area contributed by atoms with E-state index in [0.717, 1.165) is 0 Å². The number of hydrogen-bond acceptors (Lipinski definition) is 3. The van der Waals surface area contributed by atoms with Crippen LogP contribution in [0.15, 0.2) is 22.6 Å². The van der Waals surface area contributed by atoms with Crippen molar-refractivity contribution in [1.82, 2.24) is 0 Å². The van der Waals surface area contributed by atoms with E-state index < -0.39 is 27.9 Å². The van der Waals surface area contributed by atoms with Crippen molar-refractivity contribution in [2.45, 2.75) is 38.4 Å². The summed E-state index contributed by atoms with van der Waals surface area (Å²) in [7, 11) is 0. The van der Waals surface area contributed by atoms with Crippen LogP contribution in [-0.4, -0.2) is 26.6 Å². The Morgan fingerprint density at radius 3 is 2.70 bits per heavy atom. The average molecular weight is 299 g/mol. The van der Waals surface area contributed by atoms with Crippen LogP contribution in [0.3, 0.4) is 0 Å². The van der Waals surface area contributed by atoms with Gasteiger partial charge in [-0.25, -0.2) is 4.39 Å². The van der Waals surface area contributed by atoms with E-state index in [2.05, 4.69) is 4.40 Å². The molecule has 0 aliphatic heterocycles. The minimum absolute atomic E-state index is 0.0906. The molecule has 0 saturated heterocycles. The van der Waals surface area contributed by atoms with Gasteiger partial charge < -0.3 is 9.66 Å². The molecule has 20 heavy (non-hydrogen) atoms. The number of carbonyl (C=O) groups is 1. The minimum atomic E-state index is -1.48. The highest BCUT2D eigenvalue weighted by Crippen LogP contribution is 2.19. The van der Waals surface area contributed by atoms with Crippen LogP contribution in [-0.2, 0) is 22.6 Å². The smallest absolute Gasteiger partial charge is 0.303 e. The lowest BCUT2D eigenvalue weighted by Crippen LogP contribution is -2.26. The second-order valence-corrected chi connectivity index (χ2v) is 7.24. The van der Waals surface area contributed by atoms with Gasteiger partial charge in [-0.3, -0.25) is 4.79 Å². The third kappa shape index (κ3) is 4.94. The molecule has 4 nitrogen and oxygen atoms in total. The number of aryl methyl sites for hydroxylation is 1. The Hall–Kier alpha value is -1.40. The van der Waals surface area contributed by atoms with Gasteiger partial charge in [-0.05, 0) is 38.8 Å². The number of rotatable bonds is 5. The van der Waals surface area contributed by atoms with Crippen LogP contribution in [0.25, 0.3) is 0 Å². The topological polar surface area (TPSA) is 72.7 Å². The van der Waals surface area contributed by atoms with Gasteiger partial charge >= 0.3 is 5.97 Å². The molecule has 1 N–H and O–H groups in total. The van der Waals surface area contributed by atoms with Crippen molar-refractivity contribution in [3.05, 3.63) is 35.1 Å². The first kappa shape index (κ1) is 16.7. The zero-order chi connectivity index (χ0) is 15.3. The Balaban J connectivity index is 2.98. The molecule has 0 bridgehead atoms. The van der Waals surface area contributed by atoms with Crippen LogP contribution in [0, 0.1) is 5.82 Å². The van der Waals surface area contributed by atoms with Gasteiger partial charge in [-0.15, -0.1) is 0 Å². The molecule has 1 rings (SSSR count). The fourth-order valence-corrected chi connectivity index (χ4v) is 1.96. The highest BCUT2D eigenvalue weighted by molar-refractivity contribution is 7.91. The Bertz CT molecular complexity index is 512. The van der Waals surface area contributed by atoms with Gasteiger partial charge in [0.25, 0.3) is 0 Å². The predicted octanol–water partition coefficient (Wildman–Crippen LogP) is 2.72. The Morgan fingerprint density at radius 2 is 2.15 bits per heavy atom. The fraction of sp³-hybridized carbons (Fsp3) is 0.429. The Labute approximate surface area is 121 Å². The summed E-state index contributed by atoms with van der Waals surface area (Å²) >= 11 is -1.48. The Morgan fingerprint density at radius 1 is 1.50 bits per heavy atom. The molecule has 0 fully saturated rings. The molecule has 1 unspecified atom stereocenters. The number of halogens is 1. The summed E-state index contributed by atoms with van der Waals surface area (Å²) in [6.07, 6.45) is 1.34. The lowest BCUT2D eigenvalue weighted by Gasteiger charge is -2.17. The van der Waals surface area contributed by atoms with E-state index in [9.17, 15) is 13.7 Å². The number of carboxylic acid groups (broad SMARTS) is 1. The number of nitrogens with zero attached hydrogens (tertiary/aromatic N) is 1. The van der Waals surface area contributed by atoms with Gasteiger partial charge in [0.2, 0.25) is 0 Å². The maximum absolute atomic E-state index is 13.8. The zero-order valence-corrected chi connectivity index (χ0v) is 12.5. The van der Waals surface area contributed by atoms with Crippen LogP contribution in [0.1, 0.15) is 38.3 Å². The second-order valence-electron chi connectivity index (χ2n) is 5.30. The van der Waals surface area contributed by atoms with Gasteiger partial charge in [0, 0.05) is 12.0 Å². The van der Waals surface area contributed by atoms with Crippen LogP contribution in [0.2, 0.25) is 0 Å². The molecule has 110 valence electrons. The zero-order valence-electron chi connectivity index (χ0n) is 11.7. The summed E-state index contributed by atoms with van der Waals surface area (Å²) in [5.74, 6) is -1.45. The third-order valence-corrected chi connectivity index (χ3v) is 3.90. The molecule has 1 aromatic rings. The van der Waals surface area contributed by atoms with Crippen molar-refractivity contribution in [2.24, 2.45) is 4.40 Å². The van der Waals surface area contributed by atoms with Crippen molar-refractivity contribution in [1.29, 1.82) is 0 Å². The lowest BCUT2D eigenvalue weighted by molar-refractivity contribution is -0.136. The second kappa shape index (κ2) is 6.85. The van der Waals surface area contributed by atoms with Crippen molar-refractivity contribution in [3.8, 4) is 0 Å². The molecule has 0 spiro atoms. The molecular weight excluding hydrogens is 281 g/mol. The van der Waals surface area contributed by atoms with E-state index in [1.807, 2.05) is 0 Å². The summed E-state index contributed by atoms with van der Waals surface area (Å²) in [6, 6.07) is 4.43. The molecule has 0 heterocycles. The summed E-state index contributed by atoms with van der Waals surface area (Å²) in [6.45, 7) is 5.31. The average Bonchev–Trinajstić information content (AvgIpc) is 2.33. The monoisotopic (exact) mass is 299 g/mol. The molecule has 6 heteroatoms. The number of aliphatic carboxylic acids is 1. The normalized spacial score (nSPS) is 13.7. The van der Waals surface area contributed by atoms with Crippen molar-refractivity contribution >= 4 is 23.5 Å². The largest absolute Gasteiger partial charge is 0.591 e. The number of hydrogen-bond donors (Lipinski definition) is 1. The van der Waals surface area contributed by atoms with E-state index in [4.69, 9.17) is 5.11 Å². The van der Waals surface area contributed by atoms with E-state index in [0.29, 0.717) is 5.56 Å². The highest BCUT2D eigenvalue weighted by atomic mass is 32.2. The van der Waals surface area contributed by atoms with Crippen LogP contribution >= 0.6 is 0 Å². The highest BCUT2D eigenvalue weighted by Gasteiger charge is 2.26. The molecule has 0 aromatic heterocycles. The standard InChI is InChI=1S/C14H18FNO3S/c1-14(2,3)20(19)16-9-11-10(7-8-13(17)18)5-4-6-12(11)15/h4-6,9H,7-8H2,1-3H3,(H,17,18). The first-order valence-corrected chi connectivity index (χ1v) is 7.27. The van der Waals surface area contributed by atoms with Gasteiger partial charge in [-0.2, -0.15) is 0 Å². The summed E-state index contributed by atoms with van der Waals surface area (Å²) in [5.41, 5.74) is 0.744. The molecule has 0 aliphatic carbocycles. The maximum atomic E-state index is 13.8. The SMILES string of the molecule is CC(C)(C)[S+]([O-])N=Cc1c(F)cccc1CCC(=O)O. The van der Waals surface area contributed by atoms with Crippen molar-refractivity contribution in [2.75, 3.05) is 0 Å². The maximum Gasteiger partial charge on any atom is 0.303 e. The third-order valence-electron chi connectivity index (χ3n) is 2.55. The van der Waals surface area contributed by atoms with Gasteiger partial charge in [0.05, 0.1) is 6.21 Å². The molecule has 0 radical (unpaired) electrons. The first-order valence-electron chi connectivity index (χ1n) is 6.17. The van der Waals surface area contributed by atoms with Gasteiger partial charge in [-0.1, -0.05) is 16.5 Å². The number of carboxylic acids is 1. The summed E-state index contributed by atoms with van der Waals surface area (Å²) in [4.78, 5) is 10.6. The van der Waals surface area contributed by atoms with Crippen molar-refractivity contribution in [3.63, 3.8) is 0 Å². The minimum Gasteiger partial charge on any atom is -0.591 e. The molecular formula is C14H18FNO3S. The summed E-state index contributed by atoms with van der Waals surface area (Å²) in [5, 5.41) is 8.68. The van der Waals surface area contributed by atoms with E-state index in [-0.39, 0.29) is 18.4 Å². The molecule has 0 saturated carbocycles. The summed E-state index contributed by atoms with van der Waals surface area (Å²) < 4.78 is 29.0. The predicted molar refractivity (Wildman–Crippen MR) is 77.8 cm³/mol. The van der Waals surface area contributed by atoms with E-state index in [1.165, 1.54) is 18.3 Å². The van der Waals surface area contributed by atoms with Crippen molar-refractivity contribution < 1.29 is 18.8 Å². The first-order chi connectivity index (χ1) is 9.21. The van der Waals surface area contributed by atoms with Crippen LogP contribution < -0.4 is 0 Å².